The predicted octanol–water partition coefficient (Wildman–Crippen LogP) is 2.42. The Morgan fingerprint density at radius 1 is 1.30 bits per heavy atom. The molecule has 2 aromatic rings. The number of hydrogen-bond donors (Lipinski definition) is 1. The molecule has 0 aliphatic carbocycles. The van der Waals surface area contributed by atoms with Crippen molar-refractivity contribution in [2.24, 2.45) is 0 Å². The van der Waals surface area contributed by atoms with E-state index in [0.29, 0.717) is 23.0 Å². The van der Waals surface area contributed by atoms with E-state index in [2.05, 4.69) is 9.97 Å². The number of methoxy groups -OCH3 is 2. The minimum atomic E-state index is -0.832. The van der Waals surface area contributed by atoms with E-state index in [1.165, 1.54) is 20.4 Å². The van der Waals surface area contributed by atoms with Crippen LogP contribution in [0.2, 0.25) is 5.02 Å². The molecule has 20 heavy (non-hydrogen) atoms. The molecule has 0 fully saturated rings. The van der Waals surface area contributed by atoms with Gasteiger partial charge in [0.05, 0.1) is 20.4 Å². The maximum absolute atomic E-state index is 10.3. The smallest absolute Gasteiger partial charge is 0.241 e. The van der Waals surface area contributed by atoms with Crippen LogP contribution in [0.1, 0.15) is 17.4 Å². The number of aliphatic hydroxyl groups is 1. The van der Waals surface area contributed by atoms with Gasteiger partial charge in [-0.1, -0.05) is 23.7 Å². The van der Waals surface area contributed by atoms with Gasteiger partial charge in [-0.3, -0.25) is 0 Å². The maximum Gasteiger partial charge on any atom is 0.241 e. The molecule has 1 aromatic carbocycles. The molecule has 0 aliphatic heterocycles. The molecule has 0 saturated carbocycles. The summed E-state index contributed by atoms with van der Waals surface area (Å²) >= 11 is 5.92. The number of ether oxygens (including phenoxy) is 2. The van der Waals surface area contributed by atoms with Crippen molar-refractivity contribution in [1.82, 2.24) is 9.97 Å². The Balaban J connectivity index is 2.22. The van der Waals surface area contributed by atoms with E-state index >= 15 is 0 Å². The van der Waals surface area contributed by atoms with Crippen molar-refractivity contribution in [3.8, 4) is 11.8 Å². The van der Waals surface area contributed by atoms with Crippen LogP contribution in [-0.2, 0) is 6.42 Å². The fraction of sp³-hybridized carbons (Fsp3) is 0.286. The van der Waals surface area contributed by atoms with Crippen LogP contribution in [0.4, 0.5) is 0 Å². The molecule has 106 valence electrons. The third-order valence-corrected chi connectivity index (χ3v) is 3.02. The van der Waals surface area contributed by atoms with Gasteiger partial charge in [0.2, 0.25) is 11.8 Å². The Morgan fingerprint density at radius 2 is 2.10 bits per heavy atom. The minimum Gasteiger partial charge on any atom is -0.480 e. The van der Waals surface area contributed by atoms with Crippen LogP contribution < -0.4 is 9.47 Å². The van der Waals surface area contributed by atoms with E-state index in [1.54, 1.807) is 12.1 Å². The van der Waals surface area contributed by atoms with Gasteiger partial charge in [-0.15, -0.1) is 0 Å². The van der Waals surface area contributed by atoms with Crippen LogP contribution in [0.3, 0.4) is 0 Å². The largest absolute Gasteiger partial charge is 0.480 e. The first-order chi connectivity index (χ1) is 9.63. The third kappa shape index (κ3) is 3.37. The highest BCUT2D eigenvalue weighted by molar-refractivity contribution is 6.30. The molecule has 1 aromatic heterocycles. The summed E-state index contributed by atoms with van der Waals surface area (Å²) in [6.45, 7) is 0. The number of aromatic nitrogens is 2. The van der Waals surface area contributed by atoms with Gasteiger partial charge in [0.25, 0.3) is 0 Å². The number of rotatable bonds is 5. The number of benzene rings is 1. The van der Waals surface area contributed by atoms with Gasteiger partial charge in [0.15, 0.2) is 0 Å². The van der Waals surface area contributed by atoms with Gasteiger partial charge in [0.1, 0.15) is 11.8 Å². The minimum absolute atomic E-state index is 0.249. The van der Waals surface area contributed by atoms with Crippen LogP contribution in [0.5, 0.6) is 11.8 Å². The predicted molar refractivity (Wildman–Crippen MR) is 75.3 cm³/mol. The first-order valence-electron chi connectivity index (χ1n) is 6.01. The van der Waals surface area contributed by atoms with E-state index in [9.17, 15) is 5.11 Å². The summed E-state index contributed by atoms with van der Waals surface area (Å²) < 4.78 is 10.1. The van der Waals surface area contributed by atoms with Crippen LogP contribution in [0.25, 0.3) is 0 Å². The summed E-state index contributed by atoms with van der Waals surface area (Å²) in [6.07, 6.45) is 0.985. The zero-order valence-electron chi connectivity index (χ0n) is 11.2. The number of hydrogen-bond acceptors (Lipinski definition) is 5. The quantitative estimate of drug-likeness (QED) is 0.917. The van der Waals surface area contributed by atoms with Crippen molar-refractivity contribution in [2.45, 2.75) is 12.5 Å². The summed E-state index contributed by atoms with van der Waals surface area (Å²) in [5.41, 5.74) is 1.28. The molecule has 1 atom stereocenters. The van der Waals surface area contributed by atoms with Gasteiger partial charge in [-0.2, -0.15) is 4.98 Å². The number of halogens is 1. The lowest BCUT2D eigenvalue weighted by molar-refractivity contribution is 0.167. The summed E-state index contributed by atoms with van der Waals surface area (Å²) in [6, 6.07) is 7.30. The summed E-state index contributed by atoms with van der Waals surface area (Å²) in [4.78, 5) is 8.24. The van der Waals surface area contributed by atoms with Crippen LogP contribution >= 0.6 is 11.6 Å². The van der Waals surface area contributed by atoms with Gasteiger partial charge in [-0.25, -0.2) is 4.98 Å². The molecule has 0 amide bonds. The molecular formula is C14H15ClN2O3. The van der Waals surface area contributed by atoms with Crippen molar-refractivity contribution >= 4 is 11.6 Å². The second-order valence-corrected chi connectivity index (χ2v) is 4.59. The molecule has 0 radical (unpaired) electrons. The standard InChI is InChI=1S/C14H15ClN2O3/c1-19-12-8-16-13(14(17-12)20-2)11(18)7-9-4-3-5-10(15)6-9/h3-6,8,11,18H,7H2,1-2H3. The molecular weight excluding hydrogens is 280 g/mol. The molecule has 5 nitrogen and oxygen atoms in total. The van der Waals surface area contributed by atoms with E-state index in [4.69, 9.17) is 21.1 Å². The van der Waals surface area contributed by atoms with Gasteiger partial charge >= 0.3 is 0 Å². The third-order valence-electron chi connectivity index (χ3n) is 2.78. The summed E-state index contributed by atoms with van der Waals surface area (Å²) in [7, 11) is 2.96. The molecule has 1 heterocycles. The number of aliphatic hydroxyl groups excluding tert-OH is 1. The Kier molecular flexibility index (Phi) is 4.76. The molecule has 0 spiro atoms. The SMILES string of the molecule is COc1cnc(C(O)Cc2cccc(Cl)c2)c(OC)n1. The first kappa shape index (κ1) is 14.6. The first-order valence-corrected chi connectivity index (χ1v) is 6.39. The fourth-order valence-corrected chi connectivity index (χ4v) is 2.04. The molecule has 0 saturated heterocycles. The second kappa shape index (κ2) is 6.54. The molecule has 0 bridgehead atoms. The van der Waals surface area contributed by atoms with E-state index in [0.717, 1.165) is 5.56 Å². The second-order valence-electron chi connectivity index (χ2n) is 4.16. The maximum atomic E-state index is 10.3. The fourth-order valence-electron chi connectivity index (χ4n) is 1.83. The van der Waals surface area contributed by atoms with Crippen molar-refractivity contribution in [3.05, 3.63) is 46.7 Å². The Morgan fingerprint density at radius 3 is 2.75 bits per heavy atom. The lowest BCUT2D eigenvalue weighted by Gasteiger charge is -2.13. The van der Waals surface area contributed by atoms with Crippen molar-refractivity contribution in [2.75, 3.05) is 14.2 Å². The van der Waals surface area contributed by atoms with Gasteiger partial charge < -0.3 is 14.6 Å². The average Bonchev–Trinajstić information content (AvgIpc) is 2.46. The Bertz CT molecular complexity index is 592. The number of nitrogens with zero attached hydrogens (tertiary/aromatic N) is 2. The lowest BCUT2D eigenvalue weighted by Crippen LogP contribution is -2.08. The average molecular weight is 295 g/mol. The van der Waals surface area contributed by atoms with Crippen molar-refractivity contribution in [1.29, 1.82) is 0 Å². The molecule has 1 N–H and O–H groups in total. The molecule has 2 rings (SSSR count). The lowest BCUT2D eigenvalue weighted by atomic mass is 10.1. The zero-order valence-corrected chi connectivity index (χ0v) is 12.0. The zero-order chi connectivity index (χ0) is 14.5. The van der Waals surface area contributed by atoms with Crippen LogP contribution in [0.15, 0.2) is 30.5 Å². The van der Waals surface area contributed by atoms with Gasteiger partial charge in [-0.05, 0) is 17.7 Å². The highest BCUT2D eigenvalue weighted by atomic mass is 35.5. The molecule has 6 heteroatoms. The van der Waals surface area contributed by atoms with Crippen LogP contribution in [-0.4, -0.2) is 29.3 Å². The summed E-state index contributed by atoms with van der Waals surface area (Å²) in [5, 5.41) is 10.9. The normalized spacial score (nSPS) is 12.0. The van der Waals surface area contributed by atoms with Crippen molar-refractivity contribution in [3.63, 3.8) is 0 Å². The van der Waals surface area contributed by atoms with E-state index in [1.807, 2.05) is 12.1 Å². The molecule has 1 unspecified atom stereocenters. The van der Waals surface area contributed by atoms with Crippen LogP contribution in [0, 0.1) is 0 Å². The monoisotopic (exact) mass is 294 g/mol. The summed E-state index contributed by atoms with van der Waals surface area (Å²) in [5.74, 6) is 0.583. The van der Waals surface area contributed by atoms with E-state index in [-0.39, 0.29) is 5.88 Å². The highest BCUT2D eigenvalue weighted by Crippen LogP contribution is 2.26. The molecule has 0 aliphatic rings. The highest BCUT2D eigenvalue weighted by Gasteiger charge is 2.18. The van der Waals surface area contributed by atoms with Gasteiger partial charge in [0, 0.05) is 11.4 Å². The topological polar surface area (TPSA) is 64.5 Å². The van der Waals surface area contributed by atoms with Crippen molar-refractivity contribution < 1.29 is 14.6 Å². The Labute approximate surface area is 122 Å². The Hall–Kier alpha value is -1.85. The van der Waals surface area contributed by atoms with E-state index < -0.39 is 6.10 Å².